The fourth-order valence-corrected chi connectivity index (χ4v) is 2.03. The molecule has 1 rings (SSSR count). The quantitative estimate of drug-likeness (QED) is 0.652. The van der Waals surface area contributed by atoms with Gasteiger partial charge in [0.2, 0.25) is 0 Å². The summed E-state index contributed by atoms with van der Waals surface area (Å²) in [5, 5.41) is 8.56. The van der Waals surface area contributed by atoms with Gasteiger partial charge in [-0.1, -0.05) is 44.2 Å². The molecule has 0 saturated carbocycles. The van der Waals surface area contributed by atoms with Gasteiger partial charge < -0.3 is 0 Å². The normalized spacial score (nSPS) is 12.4. The largest absolute Gasteiger partial charge is 0.198 e. The zero-order valence-corrected chi connectivity index (χ0v) is 10.3. The molecule has 0 aliphatic rings. The number of unbranched alkanes of at least 4 members (excludes halogenated alkanes) is 1. The molecule has 0 N–H and O–H groups in total. The van der Waals surface area contributed by atoms with Crippen molar-refractivity contribution in [2.45, 2.75) is 39.5 Å². The van der Waals surface area contributed by atoms with Crippen molar-refractivity contribution in [2.24, 2.45) is 11.8 Å². The lowest BCUT2D eigenvalue weighted by Gasteiger charge is -2.20. The van der Waals surface area contributed by atoms with E-state index in [1.54, 1.807) is 0 Å². The molecule has 0 spiro atoms. The summed E-state index contributed by atoms with van der Waals surface area (Å²) in [6.45, 7) is 4.56. The molecular weight excluding hydrogens is 194 g/mol. The molecule has 1 heteroatoms. The maximum atomic E-state index is 8.56. The van der Waals surface area contributed by atoms with E-state index >= 15 is 0 Å². The molecule has 16 heavy (non-hydrogen) atoms. The third-order valence-electron chi connectivity index (χ3n) is 3.15. The van der Waals surface area contributed by atoms with Crippen LogP contribution in [-0.4, -0.2) is 0 Å². The zero-order valence-electron chi connectivity index (χ0n) is 10.3. The van der Waals surface area contributed by atoms with E-state index in [1.165, 1.54) is 12.0 Å². The summed E-state index contributed by atoms with van der Waals surface area (Å²) in [4.78, 5) is 0. The molecule has 1 atom stereocenters. The highest BCUT2D eigenvalue weighted by molar-refractivity contribution is 5.15. The van der Waals surface area contributed by atoms with Gasteiger partial charge in [0, 0.05) is 6.42 Å². The lowest BCUT2D eigenvalue weighted by atomic mass is 9.85. The van der Waals surface area contributed by atoms with E-state index in [2.05, 4.69) is 50.2 Å². The Labute approximate surface area is 99.1 Å². The fourth-order valence-electron chi connectivity index (χ4n) is 2.03. The van der Waals surface area contributed by atoms with Crippen molar-refractivity contribution in [2.75, 3.05) is 0 Å². The monoisotopic (exact) mass is 215 g/mol. The van der Waals surface area contributed by atoms with E-state index in [-0.39, 0.29) is 0 Å². The van der Waals surface area contributed by atoms with Crippen molar-refractivity contribution in [1.82, 2.24) is 0 Å². The van der Waals surface area contributed by atoms with Gasteiger partial charge >= 0.3 is 0 Å². The van der Waals surface area contributed by atoms with Gasteiger partial charge in [-0.25, -0.2) is 0 Å². The number of hydrogen-bond acceptors (Lipinski definition) is 1. The van der Waals surface area contributed by atoms with Gasteiger partial charge in [0.05, 0.1) is 6.07 Å². The van der Waals surface area contributed by atoms with Gasteiger partial charge in [0.1, 0.15) is 0 Å². The van der Waals surface area contributed by atoms with Crippen LogP contribution >= 0.6 is 0 Å². The van der Waals surface area contributed by atoms with Crippen molar-refractivity contribution in [3.8, 4) is 6.07 Å². The Morgan fingerprint density at radius 3 is 2.44 bits per heavy atom. The lowest BCUT2D eigenvalue weighted by molar-refractivity contribution is 0.350. The van der Waals surface area contributed by atoms with Crippen LogP contribution in [-0.2, 0) is 6.42 Å². The molecule has 0 bridgehead atoms. The van der Waals surface area contributed by atoms with Crippen LogP contribution in [0.1, 0.15) is 38.7 Å². The fraction of sp³-hybridized carbons (Fsp3) is 0.533. The maximum Gasteiger partial charge on any atom is 0.0621 e. The number of hydrogen-bond donors (Lipinski definition) is 0. The van der Waals surface area contributed by atoms with Crippen molar-refractivity contribution >= 4 is 0 Å². The standard InChI is InChI=1S/C15H21N/c1-13(2)15(10-6-7-11-16)12-14-8-4-3-5-9-14/h3-5,8-9,13,15H,6-7,10,12H2,1-2H3. The second kappa shape index (κ2) is 7.06. The SMILES string of the molecule is CC(C)C(CCCC#N)Cc1ccccc1. The molecule has 0 radical (unpaired) electrons. The first-order valence-corrected chi connectivity index (χ1v) is 6.15. The minimum atomic E-state index is 0.692. The molecule has 1 unspecified atom stereocenters. The molecule has 1 aromatic carbocycles. The van der Waals surface area contributed by atoms with Crippen molar-refractivity contribution in [3.05, 3.63) is 35.9 Å². The molecule has 0 heterocycles. The van der Waals surface area contributed by atoms with E-state index in [9.17, 15) is 0 Å². The van der Waals surface area contributed by atoms with Gasteiger partial charge in [-0.05, 0) is 36.7 Å². The molecule has 0 aliphatic carbocycles. The summed E-state index contributed by atoms with van der Waals surface area (Å²) in [5.74, 6) is 1.40. The van der Waals surface area contributed by atoms with Crippen LogP contribution in [0.3, 0.4) is 0 Å². The summed E-state index contributed by atoms with van der Waals surface area (Å²) in [5.41, 5.74) is 1.41. The predicted molar refractivity (Wildman–Crippen MR) is 67.9 cm³/mol. The van der Waals surface area contributed by atoms with Gasteiger partial charge in [-0.15, -0.1) is 0 Å². The first-order valence-electron chi connectivity index (χ1n) is 6.15. The number of benzene rings is 1. The summed E-state index contributed by atoms with van der Waals surface area (Å²) in [6, 6.07) is 12.9. The molecule has 1 aromatic rings. The molecule has 86 valence electrons. The minimum absolute atomic E-state index is 0.692. The van der Waals surface area contributed by atoms with Crippen molar-refractivity contribution in [1.29, 1.82) is 5.26 Å². The Bertz CT molecular complexity index is 321. The minimum Gasteiger partial charge on any atom is -0.198 e. The third-order valence-corrected chi connectivity index (χ3v) is 3.15. The summed E-state index contributed by atoms with van der Waals surface area (Å²) >= 11 is 0. The maximum absolute atomic E-state index is 8.56. The van der Waals surface area contributed by atoms with Gasteiger partial charge in [-0.2, -0.15) is 5.26 Å². The summed E-state index contributed by atoms with van der Waals surface area (Å²) in [6.07, 6.45) is 4.04. The van der Waals surface area contributed by atoms with E-state index < -0.39 is 0 Å². The van der Waals surface area contributed by atoms with Crippen LogP contribution in [0.4, 0.5) is 0 Å². The van der Waals surface area contributed by atoms with E-state index in [1.807, 2.05) is 0 Å². The first-order chi connectivity index (χ1) is 7.74. The topological polar surface area (TPSA) is 23.8 Å². The highest BCUT2D eigenvalue weighted by atomic mass is 14.2. The number of nitrogens with zero attached hydrogens (tertiary/aromatic N) is 1. The lowest BCUT2D eigenvalue weighted by Crippen LogP contribution is -2.12. The van der Waals surface area contributed by atoms with Crippen LogP contribution in [0.2, 0.25) is 0 Å². The second-order valence-electron chi connectivity index (χ2n) is 4.74. The third kappa shape index (κ3) is 4.49. The van der Waals surface area contributed by atoms with Crippen LogP contribution < -0.4 is 0 Å². The number of nitriles is 1. The molecule has 0 saturated heterocycles. The molecule has 0 amide bonds. The predicted octanol–water partition coefficient (Wildman–Crippen LogP) is 4.20. The van der Waals surface area contributed by atoms with E-state index in [4.69, 9.17) is 5.26 Å². The van der Waals surface area contributed by atoms with Crippen LogP contribution in [0.15, 0.2) is 30.3 Å². The van der Waals surface area contributed by atoms with Crippen LogP contribution in [0, 0.1) is 23.2 Å². The highest BCUT2D eigenvalue weighted by Gasteiger charge is 2.13. The summed E-state index contributed by atoms with van der Waals surface area (Å²) in [7, 11) is 0. The smallest absolute Gasteiger partial charge is 0.0621 e. The van der Waals surface area contributed by atoms with Crippen LogP contribution in [0.25, 0.3) is 0 Å². The Morgan fingerprint density at radius 1 is 1.19 bits per heavy atom. The Kier molecular flexibility index (Phi) is 5.64. The zero-order chi connectivity index (χ0) is 11.8. The molecule has 0 aromatic heterocycles. The molecule has 0 fully saturated rings. The summed E-state index contributed by atoms with van der Waals surface area (Å²) < 4.78 is 0. The van der Waals surface area contributed by atoms with Gasteiger partial charge in [0.15, 0.2) is 0 Å². The average molecular weight is 215 g/mol. The molecule has 0 aliphatic heterocycles. The second-order valence-corrected chi connectivity index (χ2v) is 4.74. The Morgan fingerprint density at radius 2 is 1.88 bits per heavy atom. The Hall–Kier alpha value is -1.29. The van der Waals surface area contributed by atoms with E-state index in [0.29, 0.717) is 18.3 Å². The van der Waals surface area contributed by atoms with Crippen molar-refractivity contribution in [3.63, 3.8) is 0 Å². The molecular formula is C15H21N. The average Bonchev–Trinajstić information content (AvgIpc) is 2.29. The highest BCUT2D eigenvalue weighted by Crippen LogP contribution is 2.22. The Balaban J connectivity index is 2.49. The first kappa shape index (κ1) is 12.8. The van der Waals surface area contributed by atoms with E-state index in [0.717, 1.165) is 12.8 Å². The van der Waals surface area contributed by atoms with Gasteiger partial charge in [-0.3, -0.25) is 0 Å². The van der Waals surface area contributed by atoms with Crippen LogP contribution in [0.5, 0.6) is 0 Å². The molecule has 1 nitrogen and oxygen atoms in total. The van der Waals surface area contributed by atoms with Crippen molar-refractivity contribution < 1.29 is 0 Å². The van der Waals surface area contributed by atoms with Gasteiger partial charge in [0.25, 0.3) is 0 Å². The number of rotatable bonds is 6.